The SMILES string of the molecule is Cc1cnc2oc(C3CCCCC3)nc2c1. The van der Waals surface area contributed by atoms with Crippen LogP contribution in [0.15, 0.2) is 16.7 Å². The minimum absolute atomic E-state index is 0.517. The maximum Gasteiger partial charge on any atom is 0.246 e. The maximum absolute atomic E-state index is 5.74. The van der Waals surface area contributed by atoms with E-state index in [0.29, 0.717) is 11.6 Å². The summed E-state index contributed by atoms with van der Waals surface area (Å²) in [5.41, 5.74) is 2.72. The van der Waals surface area contributed by atoms with Gasteiger partial charge in [0, 0.05) is 12.1 Å². The molecular weight excluding hydrogens is 200 g/mol. The highest BCUT2D eigenvalue weighted by Gasteiger charge is 2.21. The van der Waals surface area contributed by atoms with Gasteiger partial charge in [0.2, 0.25) is 11.6 Å². The third-order valence-electron chi connectivity index (χ3n) is 3.36. The summed E-state index contributed by atoms with van der Waals surface area (Å²) in [4.78, 5) is 8.84. The minimum atomic E-state index is 0.517. The first kappa shape index (κ1) is 9.82. The molecule has 0 aromatic carbocycles. The fraction of sp³-hybridized carbons (Fsp3) is 0.538. The summed E-state index contributed by atoms with van der Waals surface area (Å²) >= 11 is 0. The lowest BCUT2D eigenvalue weighted by Gasteiger charge is -2.17. The van der Waals surface area contributed by atoms with Crippen molar-refractivity contribution in [3.63, 3.8) is 0 Å². The monoisotopic (exact) mass is 216 g/mol. The number of aryl methyl sites for hydroxylation is 1. The Kier molecular flexibility index (Phi) is 2.39. The molecule has 0 N–H and O–H groups in total. The minimum Gasteiger partial charge on any atom is -0.422 e. The van der Waals surface area contributed by atoms with Crippen molar-refractivity contribution in [3.05, 3.63) is 23.7 Å². The van der Waals surface area contributed by atoms with Gasteiger partial charge in [-0.05, 0) is 31.4 Å². The molecule has 1 aliphatic carbocycles. The topological polar surface area (TPSA) is 38.9 Å². The van der Waals surface area contributed by atoms with Crippen LogP contribution in [0.5, 0.6) is 0 Å². The molecule has 3 heteroatoms. The molecule has 0 bridgehead atoms. The van der Waals surface area contributed by atoms with Crippen molar-refractivity contribution in [3.8, 4) is 0 Å². The van der Waals surface area contributed by atoms with Gasteiger partial charge in [0.15, 0.2) is 0 Å². The molecule has 1 saturated carbocycles. The van der Waals surface area contributed by atoms with E-state index in [2.05, 4.69) is 9.97 Å². The summed E-state index contributed by atoms with van der Waals surface area (Å²) in [5, 5.41) is 0. The molecule has 0 spiro atoms. The van der Waals surface area contributed by atoms with Crippen LogP contribution in [0, 0.1) is 6.92 Å². The summed E-state index contributed by atoms with van der Waals surface area (Å²) in [6.45, 7) is 2.03. The Morgan fingerprint density at radius 2 is 2.06 bits per heavy atom. The van der Waals surface area contributed by atoms with Gasteiger partial charge in [0.05, 0.1) is 0 Å². The number of aromatic nitrogens is 2. The van der Waals surface area contributed by atoms with Gasteiger partial charge in [0.25, 0.3) is 0 Å². The molecule has 0 saturated heterocycles. The second-order valence-electron chi connectivity index (χ2n) is 4.72. The van der Waals surface area contributed by atoms with Crippen molar-refractivity contribution in [2.45, 2.75) is 44.9 Å². The number of nitrogens with zero attached hydrogens (tertiary/aromatic N) is 2. The molecule has 3 rings (SSSR count). The van der Waals surface area contributed by atoms with Gasteiger partial charge in [-0.1, -0.05) is 19.3 Å². The number of oxazole rings is 1. The first-order chi connectivity index (χ1) is 7.83. The Labute approximate surface area is 94.9 Å². The fourth-order valence-electron chi connectivity index (χ4n) is 2.46. The third kappa shape index (κ3) is 1.70. The maximum atomic E-state index is 5.74. The molecule has 84 valence electrons. The van der Waals surface area contributed by atoms with Crippen molar-refractivity contribution < 1.29 is 4.42 Å². The Morgan fingerprint density at radius 1 is 1.25 bits per heavy atom. The highest BCUT2D eigenvalue weighted by atomic mass is 16.4. The molecular formula is C13H16N2O. The first-order valence-corrected chi connectivity index (χ1v) is 6.06. The second kappa shape index (κ2) is 3.89. The molecule has 0 unspecified atom stereocenters. The Hall–Kier alpha value is -1.38. The van der Waals surface area contributed by atoms with Crippen molar-refractivity contribution in [1.29, 1.82) is 0 Å². The molecule has 1 fully saturated rings. The molecule has 2 aromatic heterocycles. The van der Waals surface area contributed by atoms with E-state index in [1.807, 2.05) is 19.2 Å². The van der Waals surface area contributed by atoms with Gasteiger partial charge in [-0.25, -0.2) is 9.97 Å². The number of hydrogen-bond donors (Lipinski definition) is 0. The third-order valence-corrected chi connectivity index (χ3v) is 3.36. The Bertz CT molecular complexity index is 498. The second-order valence-corrected chi connectivity index (χ2v) is 4.72. The molecule has 1 aliphatic rings. The van der Waals surface area contributed by atoms with E-state index in [1.54, 1.807) is 0 Å². The predicted octanol–water partition coefficient (Wildman–Crippen LogP) is 3.58. The zero-order valence-corrected chi connectivity index (χ0v) is 9.57. The number of fused-ring (bicyclic) bond motifs is 1. The van der Waals surface area contributed by atoms with Crippen LogP contribution in [0.25, 0.3) is 11.2 Å². The van der Waals surface area contributed by atoms with Gasteiger partial charge in [-0.15, -0.1) is 0 Å². The fourth-order valence-corrected chi connectivity index (χ4v) is 2.46. The predicted molar refractivity (Wildman–Crippen MR) is 62.4 cm³/mol. The van der Waals surface area contributed by atoms with Gasteiger partial charge < -0.3 is 4.42 Å². The van der Waals surface area contributed by atoms with E-state index >= 15 is 0 Å². The van der Waals surface area contributed by atoms with Crippen molar-refractivity contribution >= 4 is 11.2 Å². The van der Waals surface area contributed by atoms with Crippen LogP contribution >= 0.6 is 0 Å². The first-order valence-electron chi connectivity index (χ1n) is 6.06. The number of pyridine rings is 1. The van der Waals surface area contributed by atoms with E-state index in [-0.39, 0.29) is 0 Å². The standard InChI is InChI=1S/C13H16N2O/c1-9-7-11-13(14-8-9)16-12(15-11)10-5-3-2-4-6-10/h7-8,10H,2-6H2,1H3. The number of rotatable bonds is 1. The lowest BCUT2D eigenvalue weighted by Crippen LogP contribution is -2.04. The van der Waals surface area contributed by atoms with E-state index < -0.39 is 0 Å². The summed E-state index contributed by atoms with van der Waals surface area (Å²) in [6.07, 6.45) is 8.22. The van der Waals surface area contributed by atoms with E-state index in [0.717, 1.165) is 17.0 Å². The van der Waals surface area contributed by atoms with Gasteiger partial charge in [0.1, 0.15) is 5.52 Å². The largest absolute Gasteiger partial charge is 0.422 e. The van der Waals surface area contributed by atoms with Crippen LogP contribution in [0.4, 0.5) is 0 Å². The van der Waals surface area contributed by atoms with E-state index in [9.17, 15) is 0 Å². The molecule has 2 heterocycles. The summed E-state index contributed by atoms with van der Waals surface area (Å²) in [6, 6.07) is 2.04. The zero-order valence-electron chi connectivity index (χ0n) is 9.57. The van der Waals surface area contributed by atoms with Crippen LogP contribution in [0.1, 0.15) is 49.5 Å². The lowest BCUT2D eigenvalue weighted by atomic mass is 9.89. The molecule has 0 aliphatic heterocycles. The van der Waals surface area contributed by atoms with Crippen molar-refractivity contribution in [2.75, 3.05) is 0 Å². The molecule has 0 amide bonds. The average Bonchev–Trinajstić information content (AvgIpc) is 2.73. The Morgan fingerprint density at radius 3 is 2.88 bits per heavy atom. The molecule has 2 aromatic rings. The lowest BCUT2D eigenvalue weighted by molar-refractivity contribution is 0.371. The van der Waals surface area contributed by atoms with Gasteiger partial charge >= 0.3 is 0 Å². The highest BCUT2D eigenvalue weighted by Crippen LogP contribution is 2.33. The summed E-state index contributed by atoms with van der Waals surface area (Å²) in [7, 11) is 0. The molecule has 3 nitrogen and oxygen atoms in total. The molecule has 0 radical (unpaired) electrons. The zero-order chi connectivity index (χ0) is 11.0. The van der Waals surface area contributed by atoms with Crippen LogP contribution in [0.3, 0.4) is 0 Å². The van der Waals surface area contributed by atoms with Crippen LogP contribution in [0.2, 0.25) is 0 Å². The normalized spacial score (nSPS) is 18.1. The van der Waals surface area contributed by atoms with E-state index in [4.69, 9.17) is 4.42 Å². The molecule has 16 heavy (non-hydrogen) atoms. The van der Waals surface area contributed by atoms with Gasteiger partial charge in [-0.2, -0.15) is 0 Å². The average molecular weight is 216 g/mol. The quantitative estimate of drug-likeness (QED) is 0.731. The Balaban J connectivity index is 1.97. The summed E-state index contributed by atoms with van der Waals surface area (Å²) < 4.78 is 5.74. The van der Waals surface area contributed by atoms with Crippen LogP contribution in [-0.4, -0.2) is 9.97 Å². The van der Waals surface area contributed by atoms with Crippen molar-refractivity contribution in [1.82, 2.24) is 9.97 Å². The molecule has 0 atom stereocenters. The summed E-state index contributed by atoms with van der Waals surface area (Å²) in [5.74, 6) is 1.41. The van der Waals surface area contributed by atoms with Crippen molar-refractivity contribution in [2.24, 2.45) is 0 Å². The van der Waals surface area contributed by atoms with E-state index in [1.165, 1.54) is 32.1 Å². The number of hydrogen-bond acceptors (Lipinski definition) is 3. The van der Waals surface area contributed by atoms with Gasteiger partial charge in [-0.3, -0.25) is 0 Å². The van der Waals surface area contributed by atoms with Crippen LogP contribution < -0.4 is 0 Å². The highest BCUT2D eigenvalue weighted by molar-refractivity contribution is 5.68. The van der Waals surface area contributed by atoms with Crippen LogP contribution in [-0.2, 0) is 0 Å². The smallest absolute Gasteiger partial charge is 0.246 e.